The van der Waals surface area contributed by atoms with Gasteiger partial charge in [0.2, 0.25) is 0 Å². The number of nitrogens with zero attached hydrogens (tertiary/aromatic N) is 3. The Hall–Kier alpha value is -2.31. The Morgan fingerprint density at radius 3 is 2.83 bits per heavy atom. The lowest BCUT2D eigenvalue weighted by Gasteiger charge is -2.33. The van der Waals surface area contributed by atoms with E-state index in [4.69, 9.17) is 4.74 Å². The smallest absolute Gasteiger partial charge is 0.262 e. The molecule has 2 heterocycles. The minimum absolute atomic E-state index is 0.0704. The molecule has 0 spiro atoms. The third kappa shape index (κ3) is 4.12. The summed E-state index contributed by atoms with van der Waals surface area (Å²) >= 11 is 2.03. The highest BCUT2D eigenvalue weighted by Crippen LogP contribution is 2.27. The Morgan fingerprint density at radius 1 is 1.23 bits per heavy atom. The number of anilines is 1. The molecule has 1 N–H and O–H groups in total. The number of morpholine rings is 1. The highest BCUT2D eigenvalue weighted by Gasteiger charge is 2.30. The average molecular weight is 538 g/mol. The summed E-state index contributed by atoms with van der Waals surface area (Å²) in [6, 6.07) is 9.71. The van der Waals surface area contributed by atoms with Crippen LogP contribution < -0.4 is 4.72 Å². The molecule has 1 saturated heterocycles. The molecule has 10 heteroatoms. The normalized spacial score (nSPS) is 17.1. The van der Waals surface area contributed by atoms with Crippen molar-refractivity contribution in [1.82, 2.24) is 14.9 Å². The van der Waals surface area contributed by atoms with Crippen LogP contribution in [0.1, 0.15) is 17.3 Å². The highest BCUT2D eigenvalue weighted by molar-refractivity contribution is 14.1. The molecule has 1 amide bonds. The first-order chi connectivity index (χ1) is 14.4. The van der Waals surface area contributed by atoms with E-state index in [0.717, 1.165) is 0 Å². The van der Waals surface area contributed by atoms with E-state index in [2.05, 4.69) is 14.7 Å². The number of para-hydroxylation sites is 1. The van der Waals surface area contributed by atoms with Crippen molar-refractivity contribution in [3.8, 4) is 0 Å². The van der Waals surface area contributed by atoms with E-state index < -0.39 is 10.0 Å². The van der Waals surface area contributed by atoms with Gasteiger partial charge >= 0.3 is 0 Å². The topological polar surface area (TPSA) is 101 Å². The van der Waals surface area contributed by atoms with E-state index in [1.165, 1.54) is 12.3 Å². The number of carbonyl (C=O) groups excluding carboxylic acids is 1. The van der Waals surface area contributed by atoms with E-state index in [9.17, 15) is 13.2 Å². The molecule has 0 saturated carbocycles. The number of carbonyl (C=O) groups is 1. The Morgan fingerprint density at radius 2 is 2.03 bits per heavy atom. The number of rotatable bonds is 4. The number of fused-ring (bicyclic) bond motifs is 1. The third-order valence-corrected chi connectivity index (χ3v) is 6.91. The predicted molar refractivity (Wildman–Crippen MR) is 121 cm³/mol. The molecular weight excluding hydrogens is 519 g/mol. The number of amides is 1. The van der Waals surface area contributed by atoms with Gasteiger partial charge in [0.25, 0.3) is 15.9 Å². The summed E-state index contributed by atoms with van der Waals surface area (Å²) in [6.45, 7) is 3.14. The van der Waals surface area contributed by atoms with Gasteiger partial charge in [0.15, 0.2) is 0 Å². The second-order valence-electron chi connectivity index (χ2n) is 6.90. The van der Waals surface area contributed by atoms with Gasteiger partial charge in [0, 0.05) is 22.5 Å². The summed E-state index contributed by atoms with van der Waals surface area (Å²) in [6.07, 6.45) is 3.04. The van der Waals surface area contributed by atoms with Crippen molar-refractivity contribution in [1.29, 1.82) is 0 Å². The summed E-state index contributed by atoms with van der Waals surface area (Å²) in [5.41, 5.74) is 1.43. The summed E-state index contributed by atoms with van der Waals surface area (Å²) < 4.78 is 35.3. The van der Waals surface area contributed by atoms with Crippen LogP contribution in [0.5, 0.6) is 0 Å². The van der Waals surface area contributed by atoms with Crippen LogP contribution >= 0.6 is 22.6 Å². The van der Waals surface area contributed by atoms with E-state index in [1.807, 2.05) is 29.5 Å². The van der Waals surface area contributed by atoms with Crippen LogP contribution in [0.3, 0.4) is 0 Å². The third-order valence-electron chi connectivity index (χ3n) is 4.84. The van der Waals surface area contributed by atoms with Gasteiger partial charge in [-0.15, -0.1) is 0 Å². The van der Waals surface area contributed by atoms with Crippen molar-refractivity contribution in [2.75, 3.05) is 24.5 Å². The van der Waals surface area contributed by atoms with Gasteiger partial charge in [0.1, 0.15) is 10.4 Å². The fraction of sp³-hybridized carbons (Fsp3) is 0.250. The maximum Gasteiger partial charge on any atom is 0.262 e. The van der Waals surface area contributed by atoms with Crippen LogP contribution in [0.2, 0.25) is 0 Å². The van der Waals surface area contributed by atoms with Crippen molar-refractivity contribution in [2.24, 2.45) is 0 Å². The number of nitrogens with one attached hydrogen (secondary N) is 1. The second kappa shape index (κ2) is 8.44. The molecule has 4 rings (SSSR count). The number of ether oxygens (including phenoxy) is 1. The Bertz CT molecular complexity index is 1210. The molecule has 0 bridgehead atoms. The predicted octanol–water partition coefficient (Wildman–Crippen LogP) is 2.90. The minimum Gasteiger partial charge on any atom is -0.377 e. The van der Waals surface area contributed by atoms with Crippen molar-refractivity contribution >= 4 is 55.2 Å². The van der Waals surface area contributed by atoms with Gasteiger partial charge in [-0.05, 0) is 59.8 Å². The Balaban J connectivity index is 1.75. The summed E-state index contributed by atoms with van der Waals surface area (Å²) in [4.78, 5) is 23.2. The lowest BCUT2D eigenvalue weighted by Crippen LogP contribution is -2.47. The highest BCUT2D eigenvalue weighted by atomic mass is 127. The number of aromatic nitrogens is 2. The van der Waals surface area contributed by atoms with E-state index in [-0.39, 0.29) is 22.4 Å². The van der Waals surface area contributed by atoms with Gasteiger partial charge in [-0.25, -0.2) is 8.42 Å². The molecule has 8 nitrogen and oxygen atoms in total. The Labute approximate surface area is 187 Å². The average Bonchev–Trinajstić information content (AvgIpc) is 2.74. The molecule has 30 heavy (non-hydrogen) atoms. The molecule has 156 valence electrons. The zero-order valence-electron chi connectivity index (χ0n) is 16.1. The van der Waals surface area contributed by atoms with Gasteiger partial charge < -0.3 is 9.64 Å². The SMILES string of the molecule is C[C@@H]1COCCN1C(=O)c1ccc(I)cc1S(=O)(=O)Nc1cccc2nccnc12. The van der Waals surface area contributed by atoms with Gasteiger partial charge in [0.05, 0.1) is 36.0 Å². The lowest BCUT2D eigenvalue weighted by atomic mass is 10.1. The number of halogens is 1. The monoisotopic (exact) mass is 538 g/mol. The minimum atomic E-state index is -4.06. The van der Waals surface area contributed by atoms with E-state index in [1.54, 1.807) is 41.4 Å². The molecule has 0 aliphatic carbocycles. The zero-order valence-corrected chi connectivity index (χ0v) is 19.1. The molecule has 1 aliphatic heterocycles. The standard InChI is InChI=1S/C20H19IN4O4S/c1-13-12-29-10-9-25(13)20(26)15-6-5-14(21)11-18(15)30(27,28)24-17-4-2-3-16-19(17)23-8-7-22-16/h2-8,11,13,24H,9-10,12H2,1H3/t13-/m1/s1. The summed E-state index contributed by atoms with van der Waals surface area (Å²) in [7, 11) is -4.06. The first-order valence-corrected chi connectivity index (χ1v) is 11.8. The van der Waals surface area contributed by atoms with Crippen molar-refractivity contribution < 1.29 is 17.9 Å². The van der Waals surface area contributed by atoms with Crippen LogP contribution in [0.25, 0.3) is 11.0 Å². The summed E-state index contributed by atoms with van der Waals surface area (Å²) in [5, 5.41) is 0. The van der Waals surface area contributed by atoms with Crippen molar-refractivity contribution in [3.05, 3.63) is 57.9 Å². The maximum absolute atomic E-state index is 13.3. The molecule has 0 radical (unpaired) electrons. The fourth-order valence-electron chi connectivity index (χ4n) is 3.35. The van der Waals surface area contributed by atoms with Gasteiger partial charge in [-0.2, -0.15) is 0 Å². The summed E-state index contributed by atoms with van der Waals surface area (Å²) in [5.74, 6) is -0.333. The molecule has 2 aromatic carbocycles. The maximum atomic E-state index is 13.3. The fourth-order valence-corrected chi connectivity index (χ4v) is 5.35. The molecule has 1 fully saturated rings. The first-order valence-electron chi connectivity index (χ1n) is 9.27. The molecule has 1 aromatic heterocycles. The molecule has 1 atom stereocenters. The van der Waals surface area contributed by atoms with E-state index in [0.29, 0.717) is 40.0 Å². The number of hydrogen-bond acceptors (Lipinski definition) is 6. The van der Waals surface area contributed by atoms with Crippen LogP contribution in [0, 0.1) is 3.57 Å². The second-order valence-corrected chi connectivity index (χ2v) is 9.79. The van der Waals surface area contributed by atoms with Gasteiger partial charge in [-0.1, -0.05) is 6.07 Å². The van der Waals surface area contributed by atoms with Crippen LogP contribution in [-0.2, 0) is 14.8 Å². The quantitative estimate of drug-likeness (QED) is 0.513. The molecule has 0 unspecified atom stereocenters. The largest absolute Gasteiger partial charge is 0.377 e. The number of benzene rings is 2. The molecule has 1 aliphatic rings. The van der Waals surface area contributed by atoms with Crippen molar-refractivity contribution in [3.63, 3.8) is 0 Å². The Kier molecular flexibility index (Phi) is 5.89. The molecule has 3 aromatic rings. The molecular formula is C20H19IN4O4S. The zero-order chi connectivity index (χ0) is 21.3. The lowest BCUT2D eigenvalue weighted by molar-refractivity contribution is 0.00338. The van der Waals surface area contributed by atoms with Gasteiger partial charge in [-0.3, -0.25) is 19.5 Å². The van der Waals surface area contributed by atoms with E-state index >= 15 is 0 Å². The van der Waals surface area contributed by atoms with Crippen LogP contribution in [0.4, 0.5) is 5.69 Å². The first kappa shape index (κ1) is 20.9. The van der Waals surface area contributed by atoms with Crippen LogP contribution in [0.15, 0.2) is 53.7 Å². The number of sulfonamides is 1. The number of hydrogen-bond donors (Lipinski definition) is 1. The van der Waals surface area contributed by atoms with Crippen molar-refractivity contribution in [2.45, 2.75) is 17.9 Å². The van der Waals surface area contributed by atoms with Crippen LogP contribution in [-0.4, -0.2) is 55.0 Å².